The third-order valence-electron chi connectivity index (χ3n) is 2.75. The zero-order valence-electron chi connectivity index (χ0n) is 9.72. The Kier molecular flexibility index (Phi) is 7.40. The Morgan fingerprint density at radius 2 is 1.62 bits per heavy atom. The van der Waals surface area contributed by atoms with E-state index in [0.717, 1.165) is 19.6 Å². The van der Waals surface area contributed by atoms with Crippen molar-refractivity contribution in [1.29, 1.82) is 0 Å². The fourth-order valence-corrected chi connectivity index (χ4v) is 2.78. The second-order valence-electron chi connectivity index (χ2n) is 4.39. The number of nitrogens with zero attached hydrogens (tertiary/aromatic N) is 1. The van der Waals surface area contributed by atoms with Crippen LogP contribution in [-0.2, 0) is 0 Å². The first-order chi connectivity index (χ1) is 7.72. The van der Waals surface area contributed by atoms with Gasteiger partial charge in [0.25, 0.3) is 0 Å². The van der Waals surface area contributed by atoms with E-state index < -0.39 is 6.10 Å². The number of piperidine rings is 1. The highest BCUT2D eigenvalue weighted by molar-refractivity contribution is 7.99. The monoisotopic (exact) mass is 249 g/mol. The fourth-order valence-electron chi connectivity index (χ4n) is 1.89. The van der Waals surface area contributed by atoms with Gasteiger partial charge in [0.2, 0.25) is 0 Å². The molecule has 0 aromatic heterocycles. The highest BCUT2D eigenvalue weighted by Crippen LogP contribution is 2.11. The van der Waals surface area contributed by atoms with Crippen LogP contribution < -0.4 is 0 Å². The summed E-state index contributed by atoms with van der Waals surface area (Å²) in [7, 11) is 0. The predicted molar refractivity (Wildman–Crippen MR) is 66.7 cm³/mol. The third kappa shape index (κ3) is 6.06. The van der Waals surface area contributed by atoms with Gasteiger partial charge in [-0.2, -0.15) is 11.8 Å². The van der Waals surface area contributed by atoms with Crippen molar-refractivity contribution in [2.75, 3.05) is 37.7 Å². The third-order valence-corrected chi connectivity index (χ3v) is 3.99. The second-order valence-corrected chi connectivity index (χ2v) is 5.46. The average Bonchev–Trinajstić information content (AvgIpc) is 2.30. The number of likely N-dealkylation sites (tertiary alicyclic amines) is 1. The molecule has 4 nitrogen and oxygen atoms in total. The van der Waals surface area contributed by atoms with Crippen LogP contribution in [0.5, 0.6) is 0 Å². The number of thioether (sulfide) groups is 1. The van der Waals surface area contributed by atoms with E-state index in [2.05, 4.69) is 4.90 Å². The number of hydrogen-bond acceptors (Lipinski definition) is 5. The van der Waals surface area contributed by atoms with Crippen LogP contribution in [-0.4, -0.2) is 70.2 Å². The SMILES string of the molecule is OCC(O)CSCC(O)CN1CCCCC1. The standard InChI is InChI=1S/C11H23NO3S/c13-7-11(15)9-16-8-10(14)6-12-4-2-1-3-5-12/h10-11,13-15H,1-9H2. The highest BCUT2D eigenvalue weighted by atomic mass is 32.2. The Morgan fingerprint density at radius 3 is 2.25 bits per heavy atom. The number of hydrogen-bond donors (Lipinski definition) is 3. The summed E-state index contributed by atoms with van der Waals surface area (Å²) < 4.78 is 0. The van der Waals surface area contributed by atoms with Gasteiger partial charge in [0.05, 0.1) is 18.8 Å². The first-order valence-corrected chi connectivity index (χ1v) is 7.15. The Balaban J connectivity index is 2.03. The van der Waals surface area contributed by atoms with Gasteiger partial charge in [-0.05, 0) is 25.9 Å². The summed E-state index contributed by atoms with van der Waals surface area (Å²) in [6.45, 7) is 2.74. The van der Waals surface area contributed by atoms with Crippen molar-refractivity contribution in [1.82, 2.24) is 4.90 Å². The molecule has 1 aliphatic rings. The Bertz CT molecular complexity index is 177. The Labute approximate surface area is 102 Å². The maximum atomic E-state index is 9.78. The van der Waals surface area contributed by atoms with Gasteiger partial charge in [-0.3, -0.25) is 0 Å². The smallest absolute Gasteiger partial charge is 0.0861 e. The average molecular weight is 249 g/mol. The van der Waals surface area contributed by atoms with E-state index >= 15 is 0 Å². The van der Waals surface area contributed by atoms with Crippen molar-refractivity contribution >= 4 is 11.8 Å². The van der Waals surface area contributed by atoms with E-state index in [1.807, 2.05) is 0 Å². The van der Waals surface area contributed by atoms with Crippen LogP contribution >= 0.6 is 11.8 Å². The molecule has 0 aliphatic carbocycles. The van der Waals surface area contributed by atoms with Gasteiger partial charge in [0, 0.05) is 18.1 Å². The fraction of sp³-hybridized carbons (Fsp3) is 1.00. The lowest BCUT2D eigenvalue weighted by Crippen LogP contribution is -2.37. The first-order valence-electron chi connectivity index (χ1n) is 5.99. The molecule has 1 rings (SSSR count). The van der Waals surface area contributed by atoms with Gasteiger partial charge in [-0.25, -0.2) is 0 Å². The lowest BCUT2D eigenvalue weighted by Gasteiger charge is -2.28. The molecular formula is C11H23NO3S. The van der Waals surface area contributed by atoms with E-state index in [0.29, 0.717) is 11.5 Å². The molecule has 0 aromatic rings. The van der Waals surface area contributed by atoms with Crippen molar-refractivity contribution in [3.8, 4) is 0 Å². The number of aliphatic hydroxyl groups is 3. The highest BCUT2D eigenvalue weighted by Gasteiger charge is 2.14. The van der Waals surface area contributed by atoms with Crippen LogP contribution in [0.2, 0.25) is 0 Å². The molecule has 16 heavy (non-hydrogen) atoms. The van der Waals surface area contributed by atoms with E-state index in [9.17, 15) is 5.11 Å². The maximum absolute atomic E-state index is 9.78. The van der Waals surface area contributed by atoms with Crippen LogP contribution in [0.3, 0.4) is 0 Å². The van der Waals surface area contributed by atoms with Crippen molar-refractivity contribution in [2.45, 2.75) is 31.5 Å². The van der Waals surface area contributed by atoms with Crippen molar-refractivity contribution in [2.24, 2.45) is 0 Å². The molecule has 96 valence electrons. The molecule has 0 amide bonds. The van der Waals surface area contributed by atoms with E-state index in [1.54, 1.807) is 0 Å². The molecule has 1 fully saturated rings. The van der Waals surface area contributed by atoms with Gasteiger partial charge in [0.1, 0.15) is 0 Å². The summed E-state index contributed by atoms with van der Waals surface area (Å²) in [5.41, 5.74) is 0. The largest absolute Gasteiger partial charge is 0.394 e. The normalized spacial score (nSPS) is 21.9. The minimum absolute atomic E-state index is 0.199. The molecule has 2 unspecified atom stereocenters. The Morgan fingerprint density at radius 1 is 1.00 bits per heavy atom. The zero-order valence-corrected chi connectivity index (χ0v) is 10.5. The van der Waals surface area contributed by atoms with Crippen molar-refractivity contribution in [3.63, 3.8) is 0 Å². The minimum Gasteiger partial charge on any atom is -0.394 e. The topological polar surface area (TPSA) is 63.9 Å². The molecule has 1 saturated heterocycles. The van der Waals surface area contributed by atoms with Crippen LogP contribution in [0.25, 0.3) is 0 Å². The van der Waals surface area contributed by atoms with Crippen LogP contribution in [0.1, 0.15) is 19.3 Å². The minimum atomic E-state index is -0.660. The number of β-amino-alcohol motifs (C(OH)–C–C–N with tert-alkyl or cyclic N) is 1. The van der Waals surface area contributed by atoms with E-state index in [1.165, 1.54) is 31.0 Å². The molecule has 5 heteroatoms. The van der Waals surface area contributed by atoms with Crippen LogP contribution in [0, 0.1) is 0 Å². The summed E-state index contributed by atoms with van der Waals surface area (Å²) in [4.78, 5) is 2.30. The Hall–Kier alpha value is 0.190. The number of rotatable bonds is 7. The van der Waals surface area contributed by atoms with Gasteiger partial charge < -0.3 is 20.2 Å². The summed E-state index contributed by atoms with van der Waals surface area (Å²) in [5, 5.41) is 27.5. The quantitative estimate of drug-likeness (QED) is 0.589. The molecule has 1 aliphatic heterocycles. The lowest BCUT2D eigenvalue weighted by molar-refractivity contribution is 0.111. The zero-order chi connectivity index (χ0) is 11.8. The van der Waals surface area contributed by atoms with E-state index in [-0.39, 0.29) is 12.7 Å². The molecule has 3 N–H and O–H groups in total. The van der Waals surface area contributed by atoms with Crippen LogP contribution in [0.15, 0.2) is 0 Å². The van der Waals surface area contributed by atoms with Gasteiger partial charge >= 0.3 is 0 Å². The first kappa shape index (κ1) is 14.3. The maximum Gasteiger partial charge on any atom is 0.0861 e. The van der Waals surface area contributed by atoms with Crippen molar-refractivity contribution < 1.29 is 15.3 Å². The lowest BCUT2D eigenvalue weighted by atomic mass is 10.1. The molecule has 0 bridgehead atoms. The predicted octanol–water partition coefficient (Wildman–Crippen LogP) is -0.0804. The van der Waals surface area contributed by atoms with Gasteiger partial charge in [-0.1, -0.05) is 6.42 Å². The number of aliphatic hydroxyl groups excluding tert-OH is 3. The molecule has 1 heterocycles. The van der Waals surface area contributed by atoms with Gasteiger partial charge in [-0.15, -0.1) is 0 Å². The van der Waals surface area contributed by atoms with E-state index in [4.69, 9.17) is 10.2 Å². The van der Waals surface area contributed by atoms with Gasteiger partial charge in [0.15, 0.2) is 0 Å². The molecular weight excluding hydrogens is 226 g/mol. The molecule has 0 spiro atoms. The summed E-state index contributed by atoms with van der Waals surface area (Å²) in [6.07, 6.45) is 2.80. The van der Waals surface area contributed by atoms with Crippen molar-refractivity contribution in [3.05, 3.63) is 0 Å². The summed E-state index contributed by atoms with van der Waals surface area (Å²) in [6, 6.07) is 0. The molecule has 0 aromatic carbocycles. The van der Waals surface area contributed by atoms with Crippen LogP contribution in [0.4, 0.5) is 0 Å². The molecule has 0 saturated carbocycles. The molecule has 2 atom stereocenters. The summed E-state index contributed by atoms with van der Waals surface area (Å²) in [5.74, 6) is 1.13. The second kappa shape index (κ2) is 8.31. The molecule has 0 radical (unpaired) electrons. The summed E-state index contributed by atoms with van der Waals surface area (Å²) >= 11 is 1.50.